The lowest BCUT2D eigenvalue weighted by atomic mass is 10.1. The summed E-state index contributed by atoms with van der Waals surface area (Å²) in [6.45, 7) is 4.48. The van der Waals surface area contributed by atoms with Gasteiger partial charge in [-0.15, -0.1) is 0 Å². The van der Waals surface area contributed by atoms with E-state index in [2.05, 4.69) is 10.3 Å². The number of nitrogens with one attached hydrogen (secondary N) is 1. The Kier molecular flexibility index (Phi) is 4.84. The van der Waals surface area contributed by atoms with Crippen LogP contribution in [0.15, 0.2) is 48.5 Å². The van der Waals surface area contributed by atoms with Gasteiger partial charge < -0.3 is 14.8 Å². The summed E-state index contributed by atoms with van der Waals surface area (Å²) < 4.78 is 10.5. The summed E-state index contributed by atoms with van der Waals surface area (Å²) in [5, 5.41) is 4.30. The maximum Gasteiger partial charge on any atom is 0.356 e. The first-order chi connectivity index (χ1) is 12.1. The van der Waals surface area contributed by atoms with E-state index in [-0.39, 0.29) is 5.69 Å². The third-order valence-electron chi connectivity index (χ3n) is 3.89. The van der Waals surface area contributed by atoms with Gasteiger partial charge in [0.1, 0.15) is 5.75 Å². The van der Waals surface area contributed by atoms with Crippen LogP contribution in [0.25, 0.3) is 10.9 Å². The molecule has 0 fully saturated rings. The first kappa shape index (κ1) is 16.8. The minimum atomic E-state index is -0.466. The fourth-order valence-electron chi connectivity index (χ4n) is 2.70. The lowest BCUT2D eigenvalue weighted by Crippen LogP contribution is -2.07. The molecule has 0 aliphatic carbocycles. The van der Waals surface area contributed by atoms with Crippen molar-refractivity contribution in [2.75, 3.05) is 19.0 Å². The molecule has 0 unspecified atom stereocenters. The predicted molar refractivity (Wildman–Crippen MR) is 98.7 cm³/mol. The Labute approximate surface area is 146 Å². The molecule has 0 radical (unpaired) electrons. The fourth-order valence-corrected chi connectivity index (χ4v) is 2.70. The number of esters is 1. The lowest BCUT2D eigenvalue weighted by molar-refractivity contribution is 0.0594. The zero-order valence-corrected chi connectivity index (χ0v) is 14.5. The molecular formula is C20H20N2O3. The highest BCUT2D eigenvalue weighted by Crippen LogP contribution is 2.32. The Morgan fingerprint density at radius 2 is 1.92 bits per heavy atom. The van der Waals surface area contributed by atoms with Gasteiger partial charge in [0.25, 0.3) is 0 Å². The molecule has 0 bridgehead atoms. The number of anilines is 2. The molecule has 0 saturated heterocycles. The standard InChI is InChI=1S/C20H20N2O3/c1-4-25-18-11-6-5-10-15(18)21-16-12-17(20(23)24-3)22-19-13(2)8-7-9-14(16)19/h5-12H,4H2,1-3H3,(H,21,22). The van der Waals surface area contributed by atoms with Gasteiger partial charge in [0.05, 0.1) is 30.6 Å². The summed E-state index contributed by atoms with van der Waals surface area (Å²) in [5.74, 6) is 0.286. The van der Waals surface area contributed by atoms with Crippen LogP contribution in [0.1, 0.15) is 23.0 Å². The third-order valence-corrected chi connectivity index (χ3v) is 3.89. The summed E-state index contributed by atoms with van der Waals surface area (Å²) in [7, 11) is 1.35. The lowest BCUT2D eigenvalue weighted by Gasteiger charge is -2.15. The van der Waals surface area contributed by atoms with E-state index in [1.807, 2.05) is 56.3 Å². The van der Waals surface area contributed by atoms with E-state index in [0.717, 1.165) is 33.6 Å². The normalized spacial score (nSPS) is 10.5. The molecule has 0 amide bonds. The predicted octanol–water partition coefficient (Wildman–Crippen LogP) is 4.47. The van der Waals surface area contributed by atoms with E-state index in [1.54, 1.807) is 6.07 Å². The van der Waals surface area contributed by atoms with Crippen molar-refractivity contribution in [2.24, 2.45) is 0 Å². The molecule has 128 valence electrons. The van der Waals surface area contributed by atoms with Crippen LogP contribution < -0.4 is 10.1 Å². The van der Waals surface area contributed by atoms with Crippen molar-refractivity contribution in [1.29, 1.82) is 0 Å². The number of aromatic nitrogens is 1. The highest BCUT2D eigenvalue weighted by molar-refractivity contribution is 6.00. The number of aryl methyl sites for hydroxylation is 1. The maximum absolute atomic E-state index is 12.0. The molecule has 1 heterocycles. The molecule has 0 atom stereocenters. The van der Waals surface area contributed by atoms with Crippen molar-refractivity contribution in [3.63, 3.8) is 0 Å². The number of fused-ring (bicyclic) bond motifs is 1. The van der Waals surface area contributed by atoms with Gasteiger partial charge in [-0.2, -0.15) is 0 Å². The molecule has 5 nitrogen and oxygen atoms in total. The monoisotopic (exact) mass is 336 g/mol. The number of nitrogens with zero attached hydrogens (tertiary/aromatic N) is 1. The molecule has 1 aromatic heterocycles. The minimum absolute atomic E-state index is 0.265. The molecule has 5 heteroatoms. The fraction of sp³-hybridized carbons (Fsp3) is 0.200. The Hall–Kier alpha value is -3.08. The van der Waals surface area contributed by atoms with Gasteiger partial charge in [-0.25, -0.2) is 9.78 Å². The van der Waals surface area contributed by atoms with E-state index in [4.69, 9.17) is 9.47 Å². The van der Waals surface area contributed by atoms with Gasteiger partial charge in [0.2, 0.25) is 0 Å². The number of benzene rings is 2. The third kappa shape index (κ3) is 3.40. The summed E-state index contributed by atoms with van der Waals surface area (Å²) >= 11 is 0. The molecule has 0 saturated carbocycles. The van der Waals surface area contributed by atoms with E-state index in [0.29, 0.717) is 6.61 Å². The van der Waals surface area contributed by atoms with Crippen LogP contribution in [0, 0.1) is 6.92 Å². The van der Waals surface area contributed by atoms with Crippen LogP contribution in [0.5, 0.6) is 5.75 Å². The Morgan fingerprint density at radius 1 is 1.12 bits per heavy atom. The van der Waals surface area contributed by atoms with E-state index in [1.165, 1.54) is 7.11 Å². The maximum atomic E-state index is 12.0. The Bertz CT molecular complexity index is 922. The summed E-state index contributed by atoms with van der Waals surface area (Å²) in [6, 6.07) is 15.3. The Morgan fingerprint density at radius 3 is 2.68 bits per heavy atom. The summed E-state index contributed by atoms with van der Waals surface area (Å²) in [4.78, 5) is 16.5. The second kappa shape index (κ2) is 7.21. The molecule has 2 aromatic carbocycles. The average Bonchev–Trinajstić information content (AvgIpc) is 2.63. The first-order valence-corrected chi connectivity index (χ1v) is 8.11. The zero-order valence-electron chi connectivity index (χ0n) is 14.5. The number of carbonyl (C=O) groups is 1. The van der Waals surface area contributed by atoms with E-state index < -0.39 is 5.97 Å². The van der Waals surface area contributed by atoms with Gasteiger partial charge in [0, 0.05) is 5.39 Å². The van der Waals surface area contributed by atoms with Gasteiger partial charge in [0.15, 0.2) is 5.69 Å². The van der Waals surface area contributed by atoms with Crippen LogP contribution >= 0.6 is 0 Å². The summed E-state index contributed by atoms with van der Waals surface area (Å²) in [6.07, 6.45) is 0. The van der Waals surface area contributed by atoms with Crippen LogP contribution in [0.4, 0.5) is 11.4 Å². The first-order valence-electron chi connectivity index (χ1n) is 8.11. The molecule has 25 heavy (non-hydrogen) atoms. The second-order valence-corrected chi connectivity index (χ2v) is 5.57. The van der Waals surface area contributed by atoms with Crippen molar-refractivity contribution in [3.8, 4) is 5.75 Å². The number of hydrogen-bond donors (Lipinski definition) is 1. The van der Waals surface area contributed by atoms with Gasteiger partial charge in [-0.1, -0.05) is 30.3 Å². The number of hydrogen-bond acceptors (Lipinski definition) is 5. The second-order valence-electron chi connectivity index (χ2n) is 5.57. The number of pyridine rings is 1. The molecule has 0 spiro atoms. The van der Waals surface area contributed by atoms with E-state index >= 15 is 0 Å². The van der Waals surface area contributed by atoms with Crippen LogP contribution in [0.3, 0.4) is 0 Å². The largest absolute Gasteiger partial charge is 0.492 e. The quantitative estimate of drug-likeness (QED) is 0.697. The van der Waals surface area contributed by atoms with Crippen molar-refractivity contribution in [2.45, 2.75) is 13.8 Å². The molecule has 3 aromatic rings. The highest BCUT2D eigenvalue weighted by Gasteiger charge is 2.14. The smallest absolute Gasteiger partial charge is 0.356 e. The molecule has 0 aliphatic rings. The van der Waals surface area contributed by atoms with Crippen LogP contribution in [-0.2, 0) is 4.74 Å². The van der Waals surface area contributed by atoms with Gasteiger partial charge in [-0.3, -0.25) is 0 Å². The minimum Gasteiger partial charge on any atom is -0.492 e. The van der Waals surface area contributed by atoms with Crippen molar-refractivity contribution >= 4 is 28.2 Å². The molecule has 1 N–H and O–H groups in total. The van der Waals surface area contributed by atoms with Crippen molar-refractivity contribution in [3.05, 3.63) is 59.8 Å². The van der Waals surface area contributed by atoms with Crippen molar-refractivity contribution < 1.29 is 14.3 Å². The van der Waals surface area contributed by atoms with Gasteiger partial charge in [-0.05, 0) is 37.6 Å². The number of ether oxygens (including phenoxy) is 2. The summed E-state index contributed by atoms with van der Waals surface area (Å²) in [5.41, 5.74) is 3.63. The number of para-hydroxylation sites is 3. The Balaban J connectivity index is 2.15. The van der Waals surface area contributed by atoms with Crippen LogP contribution in [0.2, 0.25) is 0 Å². The molecule has 3 rings (SSSR count). The van der Waals surface area contributed by atoms with Crippen molar-refractivity contribution in [1.82, 2.24) is 4.98 Å². The van der Waals surface area contributed by atoms with E-state index in [9.17, 15) is 4.79 Å². The average molecular weight is 336 g/mol. The molecule has 0 aliphatic heterocycles. The molecular weight excluding hydrogens is 316 g/mol. The zero-order chi connectivity index (χ0) is 17.8. The number of methoxy groups -OCH3 is 1. The highest BCUT2D eigenvalue weighted by atomic mass is 16.5. The van der Waals surface area contributed by atoms with Crippen LogP contribution in [-0.4, -0.2) is 24.7 Å². The van der Waals surface area contributed by atoms with Gasteiger partial charge >= 0.3 is 5.97 Å². The number of rotatable bonds is 5. The topological polar surface area (TPSA) is 60.5 Å². The number of carbonyl (C=O) groups excluding carboxylic acids is 1. The SMILES string of the molecule is CCOc1ccccc1Nc1cc(C(=O)OC)nc2c(C)cccc12.